The van der Waals surface area contributed by atoms with Gasteiger partial charge in [-0.05, 0) is 68.9 Å². The molecule has 1 aliphatic heterocycles. The molecule has 30 heavy (non-hydrogen) atoms. The van der Waals surface area contributed by atoms with Gasteiger partial charge in [-0.2, -0.15) is 0 Å². The minimum absolute atomic E-state index is 0.124. The number of aryl methyl sites for hydroxylation is 1. The van der Waals surface area contributed by atoms with E-state index in [0.717, 1.165) is 43.9 Å². The number of benzene rings is 2. The Balaban J connectivity index is 1.76. The molecule has 1 aliphatic rings. The molecule has 1 saturated heterocycles. The van der Waals surface area contributed by atoms with Crippen molar-refractivity contribution in [3.8, 4) is 0 Å². The van der Waals surface area contributed by atoms with Crippen molar-refractivity contribution >= 4 is 21.6 Å². The zero-order valence-corrected chi connectivity index (χ0v) is 18.8. The number of rotatable bonds is 6. The van der Waals surface area contributed by atoms with Crippen molar-refractivity contribution in [3.05, 3.63) is 58.7 Å². The van der Waals surface area contributed by atoms with Gasteiger partial charge in [0, 0.05) is 44.0 Å². The van der Waals surface area contributed by atoms with Crippen molar-refractivity contribution in [2.45, 2.75) is 25.3 Å². The van der Waals surface area contributed by atoms with Crippen LogP contribution in [-0.4, -0.2) is 64.4 Å². The number of carbonyl (C=O) groups excluding carboxylic acids is 1. The lowest BCUT2D eigenvalue weighted by Gasteiger charge is -2.32. The fourth-order valence-corrected chi connectivity index (χ4v) is 4.63. The summed E-state index contributed by atoms with van der Waals surface area (Å²) in [5, 5.41) is 2.91. The van der Waals surface area contributed by atoms with Gasteiger partial charge in [0.15, 0.2) is 0 Å². The van der Waals surface area contributed by atoms with Gasteiger partial charge < -0.3 is 10.2 Å². The number of nitrogens with one attached hydrogen (secondary N) is 2. The van der Waals surface area contributed by atoms with E-state index in [-0.39, 0.29) is 10.8 Å². The van der Waals surface area contributed by atoms with Crippen molar-refractivity contribution in [1.29, 1.82) is 0 Å². The highest BCUT2D eigenvalue weighted by Gasteiger charge is 2.20. The van der Waals surface area contributed by atoms with Crippen LogP contribution in [0, 0.1) is 13.8 Å². The first kappa shape index (κ1) is 22.4. The first-order valence-corrected chi connectivity index (χ1v) is 11.5. The molecule has 2 aromatic rings. The lowest BCUT2D eigenvalue weighted by atomic mass is 10.1. The third-order valence-electron chi connectivity index (χ3n) is 5.63. The van der Waals surface area contributed by atoms with E-state index in [1.54, 1.807) is 19.9 Å². The molecule has 0 bridgehead atoms. The molecule has 1 fully saturated rings. The molecule has 3 rings (SSSR count). The van der Waals surface area contributed by atoms with Crippen LogP contribution in [0.25, 0.3) is 0 Å². The Labute approximate surface area is 179 Å². The molecular formula is C22H30N4O3S. The zero-order valence-electron chi connectivity index (χ0n) is 18.0. The summed E-state index contributed by atoms with van der Waals surface area (Å²) in [6, 6.07) is 10.9. The second-order valence-electron chi connectivity index (χ2n) is 7.86. The third-order valence-corrected chi connectivity index (χ3v) is 7.17. The maximum atomic E-state index is 12.8. The van der Waals surface area contributed by atoms with Crippen molar-refractivity contribution in [3.63, 3.8) is 0 Å². The van der Waals surface area contributed by atoms with Gasteiger partial charge in [0.2, 0.25) is 10.0 Å². The van der Waals surface area contributed by atoms with Gasteiger partial charge in [0.25, 0.3) is 5.91 Å². The number of likely N-dealkylation sites (N-methyl/N-ethyl adjacent to an activating group) is 1. The molecule has 8 heteroatoms. The number of nitrogens with zero attached hydrogens (tertiary/aromatic N) is 2. The molecule has 0 saturated carbocycles. The molecule has 0 spiro atoms. The summed E-state index contributed by atoms with van der Waals surface area (Å²) in [5.74, 6) is -0.331. The average Bonchev–Trinajstić information content (AvgIpc) is 2.71. The molecule has 0 atom stereocenters. The molecule has 0 unspecified atom stereocenters. The molecule has 0 aromatic heterocycles. The van der Waals surface area contributed by atoms with Gasteiger partial charge >= 0.3 is 0 Å². The van der Waals surface area contributed by atoms with E-state index in [4.69, 9.17) is 0 Å². The molecule has 0 aliphatic carbocycles. The zero-order chi connectivity index (χ0) is 21.9. The Hall–Kier alpha value is -2.26. The average molecular weight is 431 g/mol. The number of piperazine rings is 1. The van der Waals surface area contributed by atoms with E-state index in [2.05, 4.69) is 33.0 Å². The molecule has 0 radical (unpaired) electrons. The Morgan fingerprint density at radius 1 is 1.07 bits per heavy atom. The lowest BCUT2D eigenvalue weighted by Crippen LogP contribution is -2.43. The molecule has 7 nitrogen and oxygen atoms in total. The largest absolute Gasteiger partial charge is 0.322 e. The van der Waals surface area contributed by atoms with Gasteiger partial charge in [-0.3, -0.25) is 9.69 Å². The molecule has 1 heterocycles. The van der Waals surface area contributed by atoms with Gasteiger partial charge in [-0.1, -0.05) is 12.1 Å². The standard InChI is InChI=1S/C22H30N4O3S/c1-16-12-19(14-21(17(16)2)30(28,29)23-3)22(27)24-20-7-5-6-18(13-20)15-26-10-8-25(4)9-11-26/h5-7,12-14,23H,8-11,15H2,1-4H3,(H,24,27). The second-order valence-corrected chi connectivity index (χ2v) is 9.71. The van der Waals surface area contributed by atoms with Crippen molar-refractivity contribution in [1.82, 2.24) is 14.5 Å². The van der Waals surface area contributed by atoms with Gasteiger partial charge in [-0.15, -0.1) is 0 Å². The topological polar surface area (TPSA) is 81.7 Å². The maximum Gasteiger partial charge on any atom is 0.255 e. The third kappa shape index (κ3) is 5.26. The number of hydrogen-bond donors (Lipinski definition) is 2. The maximum absolute atomic E-state index is 12.8. The Kier molecular flexibility index (Phi) is 6.92. The summed E-state index contributed by atoms with van der Waals surface area (Å²) in [4.78, 5) is 17.7. The molecule has 2 N–H and O–H groups in total. The van der Waals surface area contributed by atoms with Gasteiger partial charge in [0.1, 0.15) is 0 Å². The van der Waals surface area contributed by atoms with E-state index >= 15 is 0 Å². The van der Waals surface area contributed by atoms with Gasteiger partial charge in [0.05, 0.1) is 4.90 Å². The van der Waals surface area contributed by atoms with E-state index in [1.807, 2.05) is 18.2 Å². The van der Waals surface area contributed by atoms with Crippen molar-refractivity contribution < 1.29 is 13.2 Å². The second kappa shape index (κ2) is 9.26. The highest BCUT2D eigenvalue weighted by atomic mass is 32.2. The summed E-state index contributed by atoms with van der Waals surface area (Å²) < 4.78 is 26.9. The summed E-state index contributed by atoms with van der Waals surface area (Å²) in [5.41, 5.74) is 3.53. The Bertz CT molecular complexity index is 1030. The Morgan fingerprint density at radius 2 is 1.77 bits per heavy atom. The predicted octanol–water partition coefficient (Wildman–Crippen LogP) is 2.21. The molecule has 1 amide bonds. The van der Waals surface area contributed by atoms with Crippen LogP contribution in [0.15, 0.2) is 41.3 Å². The fourth-order valence-electron chi connectivity index (χ4n) is 3.56. The van der Waals surface area contributed by atoms with E-state index < -0.39 is 10.0 Å². The Morgan fingerprint density at radius 3 is 2.43 bits per heavy atom. The van der Waals surface area contributed by atoms with Crippen LogP contribution in [0.3, 0.4) is 0 Å². The van der Waals surface area contributed by atoms with Crippen LogP contribution in [0.2, 0.25) is 0 Å². The smallest absolute Gasteiger partial charge is 0.255 e. The number of amides is 1. The first-order chi connectivity index (χ1) is 14.2. The predicted molar refractivity (Wildman–Crippen MR) is 119 cm³/mol. The SMILES string of the molecule is CNS(=O)(=O)c1cc(C(=O)Nc2cccc(CN3CCN(C)CC3)c2)cc(C)c1C. The number of sulfonamides is 1. The number of carbonyl (C=O) groups is 1. The van der Waals surface area contributed by atoms with E-state index in [1.165, 1.54) is 13.1 Å². The highest BCUT2D eigenvalue weighted by Crippen LogP contribution is 2.22. The van der Waals surface area contributed by atoms with Crippen LogP contribution in [0.1, 0.15) is 27.0 Å². The first-order valence-electron chi connectivity index (χ1n) is 10.1. The minimum atomic E-state index is -3.65. The van der Waals surface area contributed by atoms with Crippen LogP contribution >= 0.6 is 0 Å². The van der Waals surface area contributed by atoms with Gasteiger partial charge in [-0.25, -0.2) is 13.1 Å². The summed E-state index contributed by atoms with van der Waals surface area (Å²) in [6.07, 6.45) is 0. The highest BCUT2D eigenvalue weighted by molar-refractivity contribution is 7.89. The summed E-state index contributed by atoms with van der Waals surface area (Å²) in [7, 11) is -0.150. The number of hydrogen-bond acceptors (Lipinski definition) is 5. The molecule has 162 valence electrons. The number of anilines is 1. The van der Waals surface area contributed by atoms with Crippen LogP contribution in [-0.2, 0) is 16.6 Å². The normalized spacial score (nSPS) is 15.9. The van der Waals surface area contributed by atoms with Crippen LogP contribution in [0.5, 0.6) is 0 Å². The summed E-state index contributed by atoms with van der Waals surface area (Å²) >= 11 is 0. The quantitative estimate of drug-likeness (QED) is 0.734. The molecular weight excluding hydrogens is 400 g/mol. The lowest BCUT2D eigenvalue weighted by molar-refractivity contribution is 0.102. The van der Waals surface area contributed by atoms with Crippen molar-refractivity contribution in [2.24, 2.45) is 0 Å². The van der Waals surface area contributed by atoms with E-state index in [0.29, 0.717) is 16.8 Å². The minimum Gasteiger partial charge on any atom is -0.322 e. The van der Waals surface area contributed by atoms with Crippen LogP contribution in [0.4, 0.5) is 5.69 Å². The molecule has 2 aromatic carbocycles. The van der Waals surface area contributed by atoms with Crippen LogP contribution < -0.4 is 10.0 Å². The monoisotopic (exact) mass is 430 g/mol. The summed E-state index contributed by atoms with van der Waals surface area (Å²) in [6.45, 7) is 8.55. The van der Waals surface area contributed by atoms with E-state index in [9.17, 15) is 13.2 Å². The fraction of sp³-hybridized carbons (Fsp3) is 0.409. The van der Waals surface area contributed by atoms with Crippen molar-refractivity contribution in [2.75, 3.05) is 45.6 Å².